The SMILES string of the molecule is CNC(=O)Nc1ccc(NCc2cn(C)nn2)cc1. The Labute approximate surface area is 111 Å². The van der Waals surface area contributed by atoms with Crippen LogP contribution in [0.2, 0.25) is 0 Å². The number of anilines is 2. The highest BCUT2D eigenvalue weighted by Gasteiger charge is 2.00. The third-order valence-corrected chi connectivity index (χ3v) is 2.49. The molecule has 0 spiro atoms. The summed E-state index contributed by atoms with van der Waals surface area (Å²) < 4.78 is 1.66. The third-order valence-electron chi connectivity index (χ3n) is 2.49. The summed E-state index contributed by atoms with van der Waals surface area (Å²) in [6, 6.07) is 7.20. The van der Waals surface area contributed by atoms with Crippen LogP contribution >= 0.6 is 0 Å². The van der Waals surface area contributed by atoms with E-state index in [-0.39, 0.29) is 6.03 Å². The fourth-order valence-corrected chi connectivity index (χ4v) is 1.53. The van der Waals surface area contributed by atoms with Crippen LogP contribution in [-0.4, -0.2) is 28.1 Å². The molecule has 19 heavy (non-hydrogen) atoms. The fraction of sp³-hybridized carbons (Fsp3) is 0.250. The molecule has 0 fully saturated rings. The number of nitrogens with one attached hydrogen (secondary N) is 3. The maximum Gasteiger partial charge on any atom is 0.318 e. The van der Waals surface area contributed by atoms with Crippen molar-refractivity contribution in [3.05, 3.63) is 36.2 Å². The molecule has 0 unspecified atom stereocenters. The minimum Gasteiger partial charge on any atom is -0.379 e. The number of aromatic nitrogens is 3. The minimum absolute atomic E-state index is 0.236. The van der Waals surface area contributed by atoms with Crippen molar-refractivity contribution in [1.29, 1.82) is 0 Å². The molecule has 0 saturated carbocycles. The zero-order valence-electron chi connectivity index (χ0n) is 10.8. The Balaban J connectivity index is 1.89. The Morgan fingerprint density at radius 2 is 1.95 bits per heavy atom. The Morgan fingerprint density at radius 1 is 1.26 bits per heavy atom. The topological polar surface area (TPSA) is 83.9 Å². The van der Waals surface area contributed by atoms with Crippen LogP contribution in [0.1, 0.15) is 5.69 Å². The van der Waals surface area contributed by atoms with Crippen molar-refractivity contribution >= 4 is 17.4 Å². The summed E-state index contributed by atoms with van der Waals surface area (Å²) in [7, 11) is 3.40. The van der Waals surface area contributed by atoms with Crippen LogP contribution in [0.4, 0.5) is 16.2 Å². The van der Waals surface area contributed by atoms with Crippen molar-refractivity contribution in [3.63, 3.8) is 0 Å². The Kier molecular flexibility index (Phi) is 3.97. The van der Waals surface area contributed by atoms with E-state index in [2.05, 4.69) is 26.3 Å². The Hall–Kier alpha value is -2.57. The molecule has 100 valence electrons. The Bertz CT molecular complexity index is 548. The van der Waals surface area contributed by atoms with Gasteiger partial charge >= 0.3 is 6.03 Å². The van der Waals surface area contributed by atoms with Gasteiger partial charge in [-0.3, -0.25) is 4.68 Å². The summed E-state index contributed by atoms with van der Waals surface area (Å²) in [5.41, 5.74) is 2.56. The molecule has 2 rings (SSSR count). The molecular formula is C12H16N6O. The smallest absolute Gasteiger partial charge is 0.318 e. The summed E-state index contributed by atoms with van der Waals surface area (Å²) in [4.78, 5) is 11.1. The lowest BCUT2D eigenvalue weighted by Crippen LogP contribution is -2.24. The van der Waals surface area contributed by atoms with Crippen LogP contribution in [0.5, 0.6) is 0 Å². The minimum atomic E-state index is -0.236. The molecule has 0 bridgehead atoms. The van der Waals surface area contributed by atoms with E-state index in [0.717, 1.165) is 17.1 Å². The average molecular weight is 260 g/mol. The van der Waals surface area contributed by atoms with Crippen molar-refractivity contribution in [2.75, 3.05) is 17.7 Å². The monoisotopic (exact) mass is 260 g/mol. The van der Waals surface area contributed by atoms with Crippen molar-refractivity contribution in [2.24, 2.45) is 7.05 Å². The van der Waals surface area contributed by atoms with Gasteiger partial charge in [0.25, 0.3) is 0 Å². The molecule has 2 amide bonds. The van der Waals surface area contributed by atoms with E-state index in [4.69, 9.17) is 0 Å². The van der Waals surface area contributed by atoms with Gasteiger partial charge in [0, 0.05) is 31.7 Å². The summed E-state index contributed by atoms with van der Waals surface area (Å²) in [6.07, 6.45) is 1.86. The zero-order chi connectivity index (χ0) is 13.7. The number of carbonyl (C=O) groups is 1. The number of amides is 2. The molecule has 0 saturated heterocycles. The van der Waals surface area contributed by atoms with Gasteiger partial charge in [-0.05, 0) is 24.3 Å². The van der Waals surface area contributed by atoms with Gasteiger partial charge in [0.2, 0.25) is 0 Å². The summed E-state index contributed by atoms with van der Waals surface area (Å²) in [6.45, 7) is 0.607. The van der Waals surface area contributed by atoms with Gasteiger partial charge in [0.1, 0.15) is 5.69 Å². The second kappa shape index (κ2) is 5.85. The number of carbonyl (C=O) groups excluding carboxylic acids is 1. The van der Waals surface area contributed by atoms with Crippen LogP contribution < -0.4 is 16.0 Å². The van der Waals surface area contributed by atoms with Gasteiger partial charge in [0.15, 0.2) is 0 Å². The van der Waals surface area contributed by atoms with Gasteiger partial charge in [-0.2, -0.15) is 0 Å². The molecule has 1 aromatic heterocycles. The van der Waals surface area contributed by atoms with E-state index >= 15 is 0 Å². The zero-order valence-corrected chi connectivity index (χ0v) is 10.8. The van der Waals surface area contributed by atoms with Crippen molar-refractivity contribution in [2.45, 2.75) is 6.54 Å². The maximum absolute atomic E-state index is 11.1. The number of rotatable bonds is 4. The van der Waals surface area contributed by atoms with Crippen molar-refractivity contribution in [3.8, 4) is 0 Å². The molecule has 2 aromatic rings. The van der Waals surface area contributed by atoms with Crippen LogP contribution in [0, 0.1) is 0 Å². The molecule has 7 heteroatoms. The predicted octanol–water partition coefficient (Wildman–Crippen LogP) is 1.18. The first-order valence-electron chi connectivity index (χ1n) is 5.85. The van der Waals surface area contributed by atoms with Gasteiger partial charge in [0.05, 0.1) is 6.54 Å². The lowest BCUT2D eigenvalue weighted by molar-refractivity contribution is 0.254. The number of hydrogen-bond acceptors (Lipinski definition) is 4. The molecule has 0 aliphatic heterocycles. The number of benzene rings is 1. The number of aryl methyl sites for hydroxylation is 1. The number of hydrogen-bond donors (Lipinski definition) is 3. The van der Waals surface area contributed by atoms with E-state index < -0.39 is 0 Å². The van der Waals surface area contributed by atoms with Crippen LogP contribution in [-0.2, 0) is 13.6 Å². The van der Waals surface area contributed by atoms with Crippen molar-refractivity contribution in [1.82, 2.24) is 20.3 Å². The first-order valence-corrected chi connectivity index (χ1v) is 5.85. The first kappa shape index (κ1) is 12.9. The standard InChI is InChI=1S/C12H16N6O/c1-13-12(19)15-10-5-3-9(4-6-10)14-7-11-8-18(2)17-16-11/h3-6,8,14H,7H2,1-2H3,(H2,13,15,19). The molecule has 0 atom stereocenters. The Morgan fingerprint density at radius 3 is 2.53 bits per heavy atom. The normalized spacial score (nSPS) is 10.0. The second-order valence-corrected chi connectivity index (χ2v) is 4.02. The second-order valence-electron chi connectivity index (χ2n) is 4.02. The molecule has 1 aromatic carbocycles. The molecule has 0 aliphatic carbocycles. The lowest BCUT2D eigenvalue weighted by atomic mass is 10.2. The van der Waals surface area contributed by atoms with E-state index in [1.807, 2.05) is 37.5 Å². The van der Waals surface area contributed by atoms with E-state index in [9.17, 15) is 4.79 Å². The molecule has 0 radical (unpaired) electrons. The summed E-state index contributed by atoms with van der Waals surface area (Å²) >= 11 is 0. The maximum atomic E-state index is 11.1. The quantitative estimate of drug-likeness (QED) is 0.770. The molecule has 1 heterocycles. The summed E-state index contributed by atoms with van der Waals surface area (Å²) in [5.74, 6) is 0. The van der Waals surface area contributed by atoms with Crippen LogP contribution in [0.3, 0.4) is 0 Å². The molecule has 0 aliphatic rings. The van der Waals surface area contributed by atoms with Gasteiger partial charge < -0.3 is 16.0 Å². The predicted molar refractivity (Wildman–Crippen MR) is 72.9 cm³/mol. The van der Waals surface area contributed by atoms with Crippen LogP contribution in [0.25, 0.3) is 0 Å². The average Bonchev–Trinajstić information content (AvgIpc) is 2.83. The highest BCUT2D eigenvalue weighted by atomic mass is 16.2. The highest BCUT2D eigenvalue weighted by Crippen LogP contribution is 2.14. The van der Waals surface area contributed by atoms with Gasteiger partial charge in [-0.25, -0.2) is 4.79 Å². The van der Waals surface area contributed by atoms with E-state index in [0.29, 0.717) is 6.54 Å². The molecule has 7 nitrogen and oxygen atoms in total. The van der Waals surface area contributed by atoms with E-state index in [1.54, 1.807) is 11.7 Å². The fourth-order valence-electron chi connectivity index (χ4n) is 1.53. The third kappa shape index (κ3) is 3.70. The highest BCUT2D eigenvalue weighted by molar-refractivity contribution is 5.89. The summed E-state index contributed by atoms with van der Waals surface area (Å²) in [5, 5.41) is 16.3. The number of nitrogens with zero attached hydrogens (tertiary/aromatic N) is 3. The first-order chi connectivity index (χ1) is 9.17. The van der Waals surface area contributed by atoms with Crippen molar-refractivity contribution < 1.29 is 4.79 Å². The lowest BCUT2D eigenvalue weighted by Gasteiger charge is -2.07. The van der Waals surface area contributed by atoms with Gasteiger partial charge in [-0.15, -0.1) is 5.10 Å². The molecular weight excluding hydrogens is 244 g/mol. The number of urea groups is 1. The molecule has 3 N–H and O–H groups in total. The van der Waals surface area contributed by atoms with Crippen LogP contribution in [0.15, 0.2) is 30.5 Å². The van der Waals surface area contributed by atoms with Gasteiger partial charge in [-0.1, -0.05) is 5.21 Å². The largest absolute Gasteiger partial charge is 0.379 e. The van der Waals surface area contributed by atoms with E-state index in [1.165, 1.54) is 0 Å².